The Morgan fingerprint density at radius 2 is 0.902 bits per heavy atom. The minimum atomic E-state index is -0.206. The number of phenolic OH excluding ortho intramolecular Hbond substituents is 2. The molecule has 212 valence electrons. The predicted octanol–water partition coefficient (Wildman–Crippen LogP) is 8.95. The molecule has 0 amide bonds. The Bertz CT molecular complexity index is 1410. The number of phenols is 2. The summed E-state index contributed by atoms with van der Waals surface area (Å²) in [5.41, 5.74) is 7.17. The van der Waals surface area contributed by atoms with Gasteiger partial charge in [0.05, 0.1) is 0 Å². The van der Waals surface area contributed by atoms with Gasteiger partial charge in [0.15, 0.2) is 0 Å². The molecule has 0 aliphatic heterocycles. The van der Waals surface area contributed by atoms with E-state index < -0.39 is 0 Å². The molecule has 0 spiro atoms. The van der Waals surface area contributed by atoms with Crippen molar-refractivity contribution in [1.82, 2.24) is 0 Å². The molecule has 4 aromatic rings. The van der Waals surface area contributed by atoms with Gasteiger partial charge < -0.3 is 10.2 Å². The lowest BCUT2D eigenvalue weighted by Gasteiger charge is -2.23. The molecule has 2 N–H and O–H groups in total. The van der Waals surface area contributed by atoms with Crippen LogP contribution in [0.2, 0.25) is 0 Å². The quantitative estimate of drug-likeness (QED) is 0.171. The van der Waals surface area contributed by atoms with E-state index in [1.54, 1.807) is 12.4 Å². The molecule has 0 atom stereocenters. The van der Waals surface area contributed by atoms with Crippen molar-refractivity contribution in [2.45, 2.75) is 58.8 Å². The summed E-state index contributed by atoms with van der Waals surface area (Å²) in [7, 11) is 0. The van der Waals surface area contributed by atoms with Gasteiger partial charge in [-0.2, -0.15) is 0 Å². The summed E-state index contributed by atoms with van der Waals surface area (Å²) < 4.78 is 0. The number of rotatable bonds is 8. The van der Waals surface area contributed by atoms with Gasteiger partial charge in [-0.1, -0.05) is 102 Å². The first-order chi connectivity index (χ1) is 19.4. The maximum atomic E-state index is 11.0. The van der Waals surface area contributed by atoms with Gasteiger partial charge in [0.2, 0.25) is 0 Å². The van der Waals surface area contributed by atoms with Crippen LogP contribution < -0.4 is 0 Å². The van der Waals surface area contributed by atoms with E-state index in [1.165, 1.54) is 0 Å². The van der Waals surface area contributed by atoms with Crippen molar-refractivity contribution >= 4 is 12.4 Å². The summed E-state index contributed by atoms with van der Waals surface area (Å²) in [5, 5.41) is 22.1. The van der Waals surface area contributed by atoms with Crippen molar-refractivity contribution in [2.24, 2.45) is 9.98 Å². The van der Waals surface area contributed by atoms with Crippen LogP contribution in [0.4, 0.5) is 0 Å². The van der Waals surface area contributed by atoms with Crippen LogP contribution in [0.1, 0.15) is 70.2 Å². The van der Waals surface area contributed by atoms with Gasteiger partial charge in [-0.3, -0.25) is 9.98 Å². The maximum Gasteiger partial charge on any atom is 0.128 e. The van der Waals surface area contributed by atoms with E-state index in [1.807, 2.05) is 48.5 Å². The highest BCUT2D eigenvalue weighted by atomic mass is 16.3. The minimum absolute atomic E-state index is 0.206. The molecular weight excluding hydrogens is 504 g/mol. The smallest absolute Gasteiger partial charge is 0.128 e. The Hall–Kier alpha value is -4.18. The Balaban J connectivity index is 1.48. The highest BCUT2D eigenvalue weighted by Gasteiger charge is 2.22. The van der Waals surface area contributed by atoms with Crippen molar-refractivity contribution in [3.63, 3.8) is 0 Å². The molecule has 4 aromatic carbocycles. The molecule has 4 rings (SSSR count). The van der Waals surface area contributed by atoms with Gasteiger partial charge in [-0.25, -0.2) is 0 Å². The van der Waals surface area contributed by atoms with Crippen LogP contribution >= 0.6 is 0 Å². The van der Waals surface area contributed by atoms with Crippen molar-refractivity contribution in [3.05, 3.63) is 107 Å². The monoisotopic (exact) mass is 546 g/mol. The normalized spacial score (nSPS) is 12.4. The lowest BCUT2D eigenvalue weighted by atomic mass is 9.83. The Labute approximate surface area is 245 Å². The first-order valence-corrected chi connectivity index (χ1v) is 14.3. The lowest BCUT2D eigenvalue weighted by molar-refractivity contribution is 0.445. The van der Waals surface area contributed by atoms with Gasteiger partial charge in [0, 0.05) is 47.8 Å². The highest BCUT2D eigenvalue weighted by Crippen LogP contribution is 2.38. The third kappa shape index (κ3) is 7.52. The average Bonchev–Trinajstić information content (AvgIpc) is 2.93. The number of benzene rings is 4. The first kappa shape index (κ1) is 29.8. The molecule has 0 bridgehead atoms. The third-order valence-corrected chi connectivity index (χ3v) is 7.14. The summed E-state index contributed by atoms with van der Waals surface area (Å²) in [4.78, 5) is 9.23. The molecule has 0 aliphatic rings. The molecule has 0 fully saturated rings. The SMILES string of the molecule is CC(C)(C)c1cc(-c2ccccc2)cc(C=NCCCN=Cc2cc(-c3ccccc3)cc(C(C)(C)C)c2O)c1O. The molecule has 0 aliphatic carbocycles. The first-order valence-electron chi connectivity index (χ1n) is 14.3. The highest BCUT2D eigenvalue weighted by molar-refractivity contribution is 5.88. The van der Waals surface area contributed by atoms with Crippen LogP contribution in [0.3, 0.4) is 0 Å². The fourth-order valence-electron chi connectivity index (χ4n) is 4.83. The molecule has 0 saturated carbocycles. The third-order valence-electron chi connectivity index (χ3n) is 7.14. The zero-order valence-electron chi connectivity index (χ0n) is 25.1. The van der Waals surface area contributed by atoms with Gasteiger partial charge in [-0.15, -0.1) is 0 Å². The summed E-state index contributed by atoms with van der Waals surface area (Å²) in [6, 6.07) is 28.6. The number of nitrogens with zero attached hydrogens (tertiary/aromatic N) is 2. The number of aromatic hydroxyl groups is 2. The fraction of sp³-hybridized carbons (Fsp3) is 0.297. The number of aliphatic imine (C=N–C) groups is 2. The van der Waals surface area contributed by atoms with E-state index in [0.717, 1.165) is 50.9 Å². The van der Waals surface area contributed by atoms with Gasteiger partial charge in [-0.05, 0) is 63.8 Å². The van der Waals surface area contributed by atoms with E-state index >= 15 is 0 Å². The molecule has 0 heterocycles. The minimum Gasteiger partial charge on any atom is -0.507 e. The van der Waals surface area contributed by atoms with Crippen LogP contribution in [-0.2, 0) is 10.8 Å². The molecule has 41 heavy (non-hydrogen) atoms. The van der Waals surface area contributed by atoms with Crippen molar-refractivity contribution in [3.8, 4) is 33.8 Å². The second-order valence-electron chi connectivity index (χ2n) is 12.6. The molecule has 0 saturated heterocycles. The van der Waals surface area contributed by atoms with Gasteiger partial charge in [0.1, 0.15) is 11.5 Å². The fourth-order valence-corrected chi connectivity index (χ4v) is 4.83. The molecule has 4 heteroatoms. The zero-order chi connectivity index (χ0) is 29.6. The van der Waals surface area contributed by atoms with Crippen LogP contribution in [0.25, 0.3) is 22.3 Å². The van der Waals surface area contributed by atoms with Crippen molar-refractivity contribution in [2.75, 3.05) is 13.1 Å². The van der Waals surface area contributed by atoms with Crippen LogP contribution in [0, 0.1) is 0 Å². The molecule has 4 nitrogen and oxygen atoms in total. The largest absolute Gasteiger partial charge is 0.507 e. The molecule has 0 aromatic heterocycles. The topological polar surface area (TPSA) is 65.2 Å². The Kier molecular flexibility index (Phi) is 9.12. The van der Waals surface area contributed by atoms with Crippen LogP contribution in [0.5, 0.6) is 11.5 Å². The van der Waals surface area contributed by atoms with E-state index in [9.17, 15) is 10.2 Å². The zero-order valence-corrected chi connectivity index (χ0v) is 25.1. The van der Waals surface area contributed by atoms with Crippen molar-refractivity contribution < 1.29 is 10.2 Å². The van der Waals surface area contributed by atoms with Crippen LogP contribution in [0.15, 0.2) is 94.9 Å². The average molecular weight is 547 g/mol. The number of hydrogen-bond donors (Lipinski definition) is 2. The van der Waals surface area contributed by atoms with Crippen LogP contribution in [-0.4, -0.2) is 35.7 Å². The Morgan fingerprint density at radius 3 is 1.24 bits per heavy atom. The molecule has 0 radical (unpaired) electrons. The standard InChI is InChI=1S/C37H42N2O2/c1-36(2,3)32-22-28(26-14-9-7-10-15-26)20-30(34(32)40)24-38-18-13-19-39-25-31-21-29(27-16-11-8-12-17-27)23-33(35(31)41)37(4,5)6/h7-12,14-17,20-25,40-41H,13,18-19H2,1-6H3. The lowest BCUT2D eigenvalue weighted by Crippen LogP contribution is -2.12. The summed E-state index contributed by atoms with van der Waals surface area (Å²) in [5.74, 6) is 0.560. The molecular formula is C37H42N2O2. The van der Waals surface area contributed by atoms with E-state index in [4.69, 9.17) is 0 Å². The van der Waals surface area contributed by atoms with E-state index in [2.05, 4.69) is 87.9 Å². The second-order valence-corrected chi connectivity index (χ2v) is 12.6. The van der Waals surface area contributed by atoms with Crippen molar-refractivity contribution in [1.29, 1.82) is 0 Å². The Morgan fingerprint density at radius 1 is 0.537 bits per heavy atom. The van der Waals surface area contributed by atoms with E-state index in [0.29, 0.717) is 13.1 Å². The number of hydrogen-bond acceptors (Lipinski definition) is 4. The summed E-state index contributed by atoms with van der Waals surface area (Å²) in [6.45, 7) is 13.8. The van der Waals surface area contributed by atoms with Gasteiger partial charge in [0.25, 0.3) is 0 Å². The predicted molar refractivity (Wildman–Crippen MR) is 174 cm³/mol. The molecule has 0 unspecified atom stereocenters. The maximum absolute atomic E-state index is 11.0. The summed E-state index contributed by atoms with van der Waals surface area (Å²) in [6.07, 6.45) is 4.29. The second kappa shape index (κ2) is 12.6. The summed E-state index contributed by atoms with van der Waals surface area (Å²) >= 11 is 0. The van der Waals surface area contributed by atoms with E-state index in [-0.39, 0.29) is 22.3 Å². The van der Waals surface area contributed by atoms with Gasteiger partial charge >= 0.3 is 0 Å².